The molecular weight excluding hydrogens is 218 g/mol. The Hall–Kier alpha value is -1.85. The van der Waals surface area contributed by atoms with E-state index < -0.39 is 11.8 Å². The predicted octanol–water partition coefficient (Wildman–Crippen LogP) is 0.188. The third kappa shape index (κ3) is 1.90. The van der Waals surface area contributed by atoms with Crippen molar-refractivity contribution in [1.82, 2.24) is 4.90 Å². The van der Waals surface area contributed by atoms with Gasteiger partial charge in [-0.25, -0.2) is 0 Å². The number of para-hydroxylation sites is 1. The fourth-order valence-corrected chi connectivity index (χ4v) is 1.79. The number of benzene rings is 1. The van der Waals surface area contributed by atoms with Gasteiger partial charge in [0.05, 0.1) is 5.57 Å². The van der Waals surface area contributed by atoms with Gasteiger partial charge in [-0.2, -0.15) is 0 Å². The number of nitrogens with one attached hydrogen (secondary N) is 1. The average Bonchev–Trinajstić information content (AvgIpc) is 2.27. The highest BCUT2D eigenvalue weighted by Gasteiger charge is 2.34. The minimum Gasteiger partial charge on any atom is -0.366 e. The van der Waals surface area contributed by atoms with Gasteiger partial charge in [0.15, 0.2) is 0 Å². The van der Waals surface area contributed by atoms with E-state index in [9.17, 15) is 9.90 Å². The van der Waals surface area contributed by atoms with Crippen LogP contribution in [-0.2, 0) is 4.79 Å². The number of aliphatic hydroxyl groups is 1. The first kappa shape index (κ1) is 11.6. The van der Waals surface area contributed by atoms with E-state index in [0.29, 0.717) is 16.8 Å². The summed E-state index contributed by atoms with van der Waals surface area (Å²) in [7, 11) is 3.41. The third-order valence-corrected chi connectivity index (χ3v) is 2.83. The maximum Gasteiger partial charge on any atom is 0.249 e. The average molecular weight is 233 g/mol. The molecule has 0 saturated heterocycles. The van der Waals surface area contributed by atoms with Crippen LogP contribution in [0.3, 0.4) is 0 Å². The third-order valence-electron chi connectivity index (χ3n) is 2.83. The number of hydrogen-bond acceptors (Lipinski definition) is 4. The topological polar surface area (TPSA) is 78.6 Å². The molecular formula is C12H15N3O2. The zero-order valence-electron chi connectivity index (χ0n) is 9.77. The molecule has 0 radical (unpaired) electrons. The van der Waals surface area contributed by atoms with E-state index in [4.69, 9.17) is 5.73 Å². The molecule has 5 heteroatoms. The molecule has 0 aliphatic carbocycles. The van der Waals surface area contributed by atoms with Gasteiger partial charge < -0.3 is 16.2 Å². The molecule has 0 saturated carbocycles. The number of carbonyl (C=O) groups excluding carboxylic acids is 1. The largest absolute Gasteiger partial charge is 0.366 e. The van der Waals surface area contributed by atoms with Crippen molar-refractivity contribution in [2.24, 2.45) is 5.73 Å². The Kier molecular flexibility index (Phi) is 2.65. The lowest BCUT2D eigenvalue weighted by atomic mass is 9.97. The summed E-state index contributed by atoms with van der Waals surface area (Å²) in [6, 6.07) is 7.22. The Morgan fingerprint density at radius 2 is 2.06 bits per heavy atom. The minimum atomic E-state index is -1.40. The summed E-state index contributed by atoms with van der Waals surface area (Å²) < 4.78 is 0. The van der Waals surface area contributed by atoms with Crippen molar-refractivity contribution in [3.8, 4) is 0 Å². The molecule has 1 unspecified atom stereocenters. The summed E-state index contributed by atoms with van der Waals surface area (Å²) in [5, 5.41) is 13.3. The highest BCUT2D eigenvalue weighted by molar-refractivity contribution is 6.21. The quantitative estimate of drug-likeness (QED) is 0.637. The number of anilines is 1. The second kappa shape index (κ2) is 3.87. The van der Waals surface area contributed by atoms with E-state index >= 15 is 0 Å². The van der Waals surface area contributed by atoms with Gasteiger partial charge in [-0.05, 0) is 26.2 Å². The first-order chi connectivity index (χ1) is 7.94. The molecule has 0 spiro atoms. The van der Waals surface area contributed by atoms with Crippen LogP contribution in [0.15, 0.2) is 30.3 Å². The van der Waals surface area contributed by atoms with Crippen molar-refractivity contribution in [1.29, 1.82) is 0 Å². The number of rotatable bonds is 2. The first-order valence-corrected chi connectivity index (χ1v) is 5.24. The van der Waals surface area contributed by atoms with E-state index in [1.165, 1.54) is 6.08 Å². The summed E-state index contributed by atoms with van der Waals surface area (Å²) >= 11 is 0. The van der Waals surface area contributed by atoms with Crippen LogP contribution < -0.4 is 11.1 Å². The first-order valence-electron chi connectivity index (χ1n) is 5.24. The molecule has 5 nitrogen and oxygen atoms in total. The predicted molar refractivity (Wildman–Crippen MR) is 65.9 cm³/mol. The number of primary amides is 1. The number of amides is 1. The van der Waals surface area contributed by atoms with Crippen LogP contribution in [0.2, 0.25) is 0 Å². The summed E-state index contributed by atoms with van der Waals surface area (Å²) in [5.41, 5.74) is 7.04. The Bertz CT molecular complexity index is 496. The van der Waals surface area contributed by atoms with Crippen LogP contribution in [0.5, 0.6) is 0 Å². The second-order valence-corrected chi connectivity index (χ2v) is 4.21. The lowest BCUT2D eigenvalue weighted by molar-refractivity contribution is -0.113. The summed E-state index contributed by atoms with van der Waals surface area (Å²) in [6.45, 7) is 0. The van der Waals surface area contributed by atoms with Crippen molar-refractivity contribution in [3.63, 3.8) is 0 Å². The van der Waals surface area contributed by atoms with Crippen LogP contribution in [0.4, 0.5) is 5.69 Å². The van der Waals surface area contributed by atoms with E-state index in [2.05, 4.69) is 5.32 Å². The van der Waals surface area contributed by atoms with Gasteiger partial charge >= 0.3 is 0 Å². The molecule has 1 aromatic carbocycles. The molecule has 1 aliphatic rings. The van der Waals surface area contributed by atoms with Crippen LogP contribution in [0.1, 0.15) is 5.56 Å². The van der Waals surface area contributed by atoms with Crippen LogP contribution >= 0.6 is 0 Å². The summed E-state index contributed by atoms with van der Waals surface area (Å²) in [5.74, 6) is -1.96. The van der Waals surface area contributed by atoms with Gasteiger partial charge in [0, 0.05) is 11.3 Å². The number of nitrogens with two attached hydrogens (primary N) is 1. The van der Waals surface area contributed by atoms with Gasteiger partial charge in [0.1, 0.15) is 0 Å². The molecule has 0 bridgehead atoms. The van der Waals surface area contributed by atoms with Gasteiger partial charge in [-0.3, -0.25) is 9.69 Å². The van der Waals surface area contributed by atoms with E-state index in [1.54, 1.807) is 31.1 Å². The highest BCUT2D eigenvalue weighted by Crippen LogP contribution is 2.33. The van der Waals surface area contributed by atoms with Crippen LogP contribution in [0, 0.1) is 0 Å². The molecule has 0 fully saturated rings. The van der Waals surface area contributed by atoms with E-state index in [1.807, 2.05) is 12.1 Å². The minimum absolute atomic E-state index is 0.315. The van der Waals surface area contributed by atoms with Crippen LogP contribution in [-0.4, -0.2) is 35.9 Å². The Labute approximate surface area is 99.5 Å². The van der Waals surface area contributed by atoms with Gasteiger partial charge in [0.25, 0.3) is 0 Å². The maximum absolute atomic E-state index is 11.4. The fraction of sp³-hybridized carbons (Fsp3) is 0.250. The molecule has 90 valence electrons. The zero-order chi connectivity index (χ0) is 12.6. The Morgan fingerprint density at radius 1 is 1.41 bits per heavy atom. The number of carbonyl (C=O) groups is 1. The number of hydrogen-bond donors (Lipinski definition) is 3. The maximum atomic E-state index is 11.4. The summed E-state index contributed by atoms with van der Waals surface area (Å²) in [6.07, 6.45) is 1.43. The lowest BCUT2D eigenvalue weighted by Gasteiger charge is -2.37. The van der Waals surface area contributed by atoms with Gasteiger partial charge in [0.2, 0.25) is 11.8 Å². The fourth-order valence-electron chi connectivity index (χ4n) is 1.79. The van der Waals surface area contributed by atoms with Gasteiger partial charge in [-0.15, -0.1) is 0 Å². The van der Waals surface area contributed by atoms with E-state index in [0.717, 1.165) is 0 Å². The standard InChI is InChI=1S/C12H15N3O2/c1-15(2)12(17)7-9(11(13)16)8-5-3-4-6-10(8)14-12/h3-7,14,17H,1-2H3,(H2,13,16). The molecule has 17 heavy (non-hydrogen) atoms. The zero-order valence-corrected chi connectivity index (χ0v) is 9.77. The molecule has 0 aromatic heterocycles. The number of nitrogens with zero attached hydrogens (tertiary/aromatic N) is 1. The van der Waals surface area contributed by atoms with E-state index in [-0.39, 0.29) is 0 Å². The van der Waals surface area contributed by atoms with Crippen LogP contribution in [0.25, 0.3) is 5.57 Å². The lowest BCUT2D eigenvalue weighted by Crippen LogP contribution is -2.51. The normalized spacial score (nSPS) is 22.7. The second-order valence-electron chi connectivity index (χ2n) is 4.21. The van der Waals surface area contributed by atoms with Crippen molar-refractivity contribution in [3.05, 3.63) is 35.9 Å². The molecule has 1 atom stereocenters. The van der Waals surface area contributed by atoms with Crippen molar-refractivity contribution >= 4 is 17.2 Å². The highest BCUT2D eigenvalue weighted by atomic mass is 16.3. The molecule has 1 amide bonds. The Morgan fingerprint density at radius 3 is 2.65 bits per heavy atom. The van der Waals surface area contributed by atoms with Crippen molar-refractivity contribution < 1.29 is 9.90 Å². The molecule has 1 aliphatic heterocycles. The Balaban J connectivity index is 2.59. The van der Waals surface area contributed by atoms with Crippen molar-refractivity contribution in [2.45, 2.75) is 5.85 Å². The molecule has 1 heterocycles. The monoisotopic (exact) mass is 233 g/mol. The molecule has 2 rings (SSSR count). The number of fused-ring (bicyclic) bond motifs is 1. The smallest absolute Gasteiger partial charge is 0.249 e. The summed E-state index contributed by atoms with van der Waals surface area (Å²) in [4.78, 5) is 13.0. The van der Waals surface area contributed by atoms with Crippen molar-refractivity contribution in [2.75, 3.05) is 19.4 Å². The SMILES string of the molecule is CN(C)C1(O)C=C(C(N)=O)c2ccccc2N1. The molecule has 1 aromatic rings. The van der Waals surface area contributed by atoms with Gasteiger partial charge in [-0.1, -0.05) is 18.2 Å². The number of likely N-dealkylation sites (N-methyl/N-ethyl adjacent to an activating group) is 1. The molecule has 4 N–H and O–H groups in total.